The zero-order valence-electron chi connectivity index (χ0n) is 15.5. The maximum Gasteiger partial charge on any atom is 0.238 e. The van der Waals surface area contributed by atoms with Crippen LogP contribution in [-0.2, 0) is 22.6 Å². The first kappa shape index (κ1) is 18.1. The highest BCUT2D eigenvalue weighted by Crippen LogP contribution is 2.31. The largest absolute Gasteiger partial charge is 0.325 e. The molecular formula is C20H24N4O2S. The summed E-state index contributed by atoms with van der Waals surface area (Å²) < 4.78 is 0. The number of carbonyl (C=O) groups is 2. The van der Waals surface area contributed by atoms with Gasteiger partial charge < -0.3 is 10.6 Å². The minimum Gasteiger partial charge on any atom is -0.325 e. The van der Waals surface area contributed by atoms with Gasteiger partial charge in [-0.3, -0.25) is 14.5 Å². The van der Waals surface area contributed by atoms with Gasteiger partial charge in [0.2, 0.25) is 11.8 Å². The molecule has 0 spiro atoms. The van der Waals surface area contributed by atoms with Crippen LogP contribution in [0.25, 0.3) is 0 Å². The molecule has 0 bridgehead atoms. The van der Waals surface area contributed by atoms with Crippen LogP contribution in [0.1, 0.15) is 35.4 Å². The third-order valence-corrected chi connectivity index (χ3v) is 6.18. The van der Waals surface area contributed by atoms with E-state index in [1.807, 2.05) is 31.2 Å². The Morgan fingerprint density at radius 3 is 2.89 bits per heavy atom. The lowest BCUT2D eigenvalue weighted by Gasteiger charge is -2.25. The standard InChI is InChI=1S/C20H24N4O2S/c1-13-4-2-7-15(10-13)21-18(25)12-24-9-8-16-17(11-24)27-20(22-16)23-19(26)14-5-3-6-14/h2,4,7,10,14H,3,5-6,8-9,11-12H2,1H3,(H,21,25)(H,22,23,26). The number of rotatable bonds is 5. The maximum atomic E-state index is 12.3. The summed E-state index contributed by atoms with van der Waals surface area (Å²) in [6, 6.07) is 7.81. The number of nitrogens with one attached hydrogen (secondary N) is 2. The van der Waals surface area contributed by atoms with Crippen molar-refractivity contribution in [3.63, 3.8) is 0 Å². The van der Waals surface area contributed by atoms with Gasteiger partial charge in [0.1, 0.15) is 0 Å². The fourth-order valence-corrected chi connectivity index (χ4v) is 4.49. The Morgan fingerprint density at radius 2 is 2.15 bits per heavy atom. The van der Waals surface area contributed by atoms with E-state index in [1.54, 1.807) is 0 Å². The van der Waals surface area contributed by atoms with Crippen molar-refractivity contribution in [2.24, 2.45) is 5.92 Å². The van der Waals surface area contributed by atoms with Crippen LogP contribution in [0.5, 0.6) is 0 Å². The highest BCUT2D eigenvalue weighted by Gasteiger charge is 2.27. The summed E-state index contributed by atoms with van der Waals surface area (Å²) in [5.74, 6) is 0.251. The maximum absolute atomic E-state index is 12.3. The summed E-state index contributed by atoms with van der Waals surface area (Å²) in [5, 5.41) is 6.62. The number of aryl methyl sites for hydroxylation is 1. The monoisotopic (exact) mass is 384 g/mol. The number of thiazole rings is 1. The number of carbonyl (C=O) groups excluding carboxylic acids is 2. The molecule has 2 aliphatic rings. The van der Waals surface area contributed by atoms with Gasteiger partial charge in [0, 0.05) is 36.0 Å². The van der Waals surface area contributed by atoms with Crippen LogP contribution in [0.2, 0.25) is 0 Å². The average Bonchev–Trinajstić information content (AvgIpc) is 2.94. The average molecular weight is 385 g/mol. The van der Waals surface area contributed by atoms with Crippen LogP contribution in [0.15, 0.2) is 24.3 Å². The number of nitrogens with zero attached hydrogens (tertiary/aromatic N) is 2. The normalized spacial score (nSPS) is 17.1. The molecule has 0 unspecified atom stereocenters. The molecule has 7 heteroatoms. The van der Waals surface area contributed by atoms with Crippen molar-refractivity contribution < 1.29 is 9.59 Å². The molecular weight excluding hydrogens is 360 g/mol. The van der Waals surface area contributed by atoms with Crippen molar-refractivity contribution in [1.82, 2.24) is 9.88 Å². The molecule has 0 atom stereocenters. The van der Waals surface area contributed by atoms with Gasteiger partial charge >= 0.3 is 0 Å². The van der Waals surface area contributed by atoms with Crippen LogP contribution in [0.3, 0.4) is 0 Å². The van der Waals surface area contributed by atoms with Crippen LogP contribution in [0.4, 0.5) is 10.8 Å². The number of anilines is 2. The summed E-state index contributed by atoms with van der Waals surface area (Å²) >= 11 is 1.54. The first-order valence-corrected chi connectivity index (χ1v) is 10.3. The lowest BCUT2D eigenvalue weighted by molar-refractivity contribution is -0.122. The Hall–Kier alpha value is -2.25. The lowest BCUT2D eigenvalue weighted by atomic mass is 9.85. The fraction of sp³-hybridized carbons (Fsp3) is 0.450. The van der Waals surface area contributed by atoms with Gasteiger partial charge in [0.25, 0.3) is 0 Å². The first-order valence-electron chi connectivity index (χ1n) is 9.45. The molecule has 0 radical (unpaired) electrons. The van der Waals surface area contributed by atoms with Gasteiger partial charge in [-0.1, -0.05) is 18.6 Å². The Morgan fingerprint density at radius 1 is 1.30 bits per heavy atom. The van der Waals surface area contributed by atoms with E-state index in [0.29, 0.717) is 18.2 Å². The smallest absolute Gasteiger partial charge is 0.238 e. The van der Waals surface area contributed by atoms with E-state index in [9.17, 15) is 9.59 Å². The summed E-state index contributed by atoms with van der Waals surface area (Å²) in [7, 11) is 0. The Bertz CT molecular complexity index is 859. The second kappa shape index (κ2) is 7.78. The predicted molar refractivity (Wildman–Crippen MR) is 107 cm³/mol. The third kappa shape index (κ3) is 4.36. The molecule has 1 fully saturated rings. The van der Waals surface area contributed by atoms with Gasteiger partial charge in [-0.25, -0.2) is 4.98 Å². The van der Waals surface area contributed by atoms with Gasteiger partial charge in [-0.05, 0) is 37.5 Å². The van der Waals surface area contributed by atoms with Crippen molar-refractivity contribution in [3.8, 4) is 0 Å². The molecule has 2 N–H and O–H groups in total. The lowest BCUT2D eigenvalue weighted by Crippen LogP contribution is -2.36. The second-order valence-electron chi connectivity index (χ2n) is 7.38. The van der Waals surface area contributed by atoms with E-state index in [4.69, 9.17) is 0 Å². The minimum atomic E-state index is -0.00734. The Labute approximate surface area is 163 Å². The molecule has 2 amide bonds. The molecule has 6 nitrogen and oxygen atoms in total. The Kier molecular flexibility index (Phi) is 5.22. The molecule has 1 aromatic heterocycles. The fourth-order valence-electron chi connectivity index (χ4n) is 3.44. The van der Waals surface area contributed by atoms with Crippen molar-refractivity contribution in [1.29, 1.82) is 0 Å². The van der Waals surface area contributed by atoms with Gasteiger partial charge in [-0.15, -0.1) is 11.3 Å². The van der Waals surface area contributed by atoms with Crippen LogP contribution in [0, 0.1) is 12.8 Å². The molecule has 142 valence electrons. The molecule has 1 aromatic carbocycles. The number of amides is 2. The second-order valence-corrected chi connectivity index (χ2v) is 8.47. The number of hydrogen-bond donors (Lipinski definition) is 2. The van der Waals surface area contributed by atoms with E-state index >= 15 is 0 Å². The summed E-state index contributed by atoms with van der Waals surface area (Å²) in [5.41, 5.74) is 3.01. The number of fused-ring (bicyclic) bond motifs is 1. The number of benzene rings is 1. The topological polar surface area (TPSA) is 74.3 Å². The van der Waals surface area contributed by atoms with Crippen molar-refractivity contribution >= 4 is 34.0 Å². The van der Waals surface area contributed by atoms with E-state index in [0.717, 1.165) is 54.0 Å². The summed E-state index contributed by atoms with van der Waals surface area (Å²) in [6.45, 7) is 3.86. The van der Waals surface area contributed by atoms with Crippen LogP contribution >= 0.6 is 11.3 Å². The van der Waals surface area contributed by atoms with Gasteiger partial charge in [0.05, 0.1) is 12.2 Å². The molecule has 1 aliphatic heterocycles. The predicted octanol–water partition coefficient (Wildman–Crippen LogP) is 3.19. The molecule has 2 heterocycles. The SMILES string of the molecule is Cc1cccc(NC(=O)CN2CCc3nc(NC(=O)C4CCC4)sc3C2)c1. The quantitative estimate of drug-likeness (QED) is 0.830. The summed E-state index contributed by atoms with van der Waals surface area (Å²) in [4.78, 5) is 32.3. The number of hydrogen-bond acceptors (Lipinski definition) is 5. The van der Waals surface area contributed by atoms with Crippen molar-refractivity contribution in [3.05, 3.63) is 40.4 Å². The Balaban J connectivity index is 1.32. The van der Waals surface area contributed by atoms with Crippen molar-refractivity contribution in [2.75, 3.05) is 23.7 Å². The molecule has 4 rings (SSSR count). The molecule has 27 heavy (non-hydrogen) atoms. The highest BCUT2D eigenvalue weighted by molar-refractivity contribution is 7.15. The first-order chi connectivity index (χ1) is 13.1. The zero-order chi connectivity index (χ0) is 18.8. The molecule has 1 aliphatic carbocycles. The van der Waals surface area contributed by atoms with Crippen LogP contribution < -0.4 is 10.6 Å². The summed E-state index contributed by atoms with van der Waals surface area (Å²) in [6.07, 6.45) is 3.93. The highest BCUT2D eigenvalue weighted by atomic mass is 32.1. The number of aromatic nitrogens is 1. The van der Waals surface area contributed by atoms with E-state index in [-0.39, 0.29) is 17.7 Å². The van der Waals surface area contributed by atoms with E-state index in [2.05, 4.69) is 20.5 Å². The van der Waals surface area contributed by atoms with Gasteiger partial charge in [0.15, 0.2) is 5.13 Å². The molecule has 2 aromatic rings. The molecule has 0 saturated heterocycles. The zero-order valence-corrected chi connectivity index (χ0v) is 16.3. The van der Waals surface area contributed by atoms with Crippen molar-refractivity contribution in [2.45, 2.75) is 39.2 Å². The van der Waals surface area contributed by atoms with Crippen LogP contribution in [-0.4, -0.2) is 34.8 Å². The van der Waals surface area contributed by atoms with E-state index < -0.39 is 0 Å². The minimum absolute atomic E-state index is 0.00734. The van der Waals surface area contributed by atoms with E-state index in [1.165, 1.54) is 11.3 Å². The third-order valence-electron chi connectivity index (χ3n) is 5.19. The molecule has 1 saturated carbocycles. The van der Waals surface area contributed by atoms with Gasteiger partial charge in [-0.2, -0.15) is 0 Å².